The van der Waals surface area contributed by atoms with E-state index in [1.54, 1.807) is 79.9 Å². The number of nitrogens with zero attached hydrogens (tertiary/aromatic N) is 2. The van der Waals surface area contributed by atoms with Crippen LogP contribution in [0.2, 0.25) is 0 Å². The minimum Gasteiger partial charge on any atom is -0.497 e. The maximum absolute atomic E-state index is 13.8. The molecule has 0 spiro atoms. The van der Waals surface area contributed by atoms with E-state index in [1.165, 1.54) is 0 Å². The van der Waals surface area contributed by atoms with Crippen LogP contribution in [-0.4, -0.2) is 25.0 Å². The number of barbiturate groups is 1. The van der Waals surface area contributed by atoms with E-state index < -0.39 is 17.8 Å². The highest BCUT2D eigenvalue weighted by molar-refractivity contribution is 6.46. The predicted octanol–water partition coefficient (Wildman–Crippen LogP) is 6.49. The Kier molecular flexibility index (Phi) is 7.10. The lowest BCUT2D eigenvalue weighted by atomic mass is 9.95. The normalized spacial score (nSPS) is 13.6. The summed E-state index contributed by atoms with van der Waals surface area (Å²) in [6, 6.07) is 28.4. The van der Waals surface area contributed by atoms with Crippen LogP contribution in [0.1, 0.15) is 27.8 Å². The molecular weight excluding hydrogens is 488 g/mol. The number of aryl methyl sites for hydroxylation is 2. The van der Waals surface area contributed by atoms with E-state index in [9.17, 15) is 14.4 Å². The Morgan fingerprint density at radius 1 is 0.692 bits per heavy atom. The van der Waals surface area contributed by atoms with Gasteiger partial charge in [0.25, 0.3) is 11.8 Å². The van der Waals surface area contributed by atoms with Crippen molar-refractivity contribution in [2.45, 2.75) is 20.3 Å². The van der Waals surface area contributed by atoms with Crippen molar-refractivity contribution in [3.8, 4) is 5.75 Å². The highest BCUT2D eigenvalue weighted by Gasteiger charge is 2.43. The molecule has 0 atom stereocenters. The van der Waals surface area contributed by atoms with Gasteiger partial charge in [-0.05, 0) is 79.4 Å². The van der Waals surface area contributed by atoms with Crippen molar-refractivity contribution in [3.63, 3.8) is 0 Å². The van der Waals surface area contributed by atoms with Gasteiger partial charge in [0.05, 0.1) is 18.5 Å². The van der Waals surface area contributed by atoms with Crippen LogP contribution in [0.5, 0.6) is 5.75 Å². The quantitative estimate of drug-likeness (QED) is 0.217. The molecule has 0 radical (unpaired) electrons. The van der Waals surface area contributed by atoms with E-state index in [4.69, 9.17) is 4.74 Å². The number of anilines is 2. The zero-order valence-corrected chi connectivity index (χ0v) is 22.0. The fraction of sp³-hybridized carbons (Fsp3) is 0.121. The molecule has 0 bridgehead atoms. The standard InChI is InChI=1S/C33H28N2O4/c1-22-16-23(2)18-24(17-22)19-26-20-29(39-3)15-14-25(26)21-30-31(36)34(27-10-6-4-7-11-27)33(38)35(32(30)37)28-12-8-5-9-13-28/h4-18,20-21H,19H2,1-3H3. The van der Waals surface area contributed by atoms with Crippen molar-refractivity contribution in [1.82, 2.24) is 0 Å². The molecule has 4 amide bonds. The van der Waals surface area contributed by atoms with E-state index in [0.29, 0.717) is 29.1 Å². The number of imide groups is 2. The zero-order chi connectivity index (χ0) is 27.5. The molecule has 0 N–H and O–H groups in total. The minimum absolute atomic E-state index is 0.103. The molecule has 1 aliphatic heterocycles. The van der Waals surface area contributed by atoms with Crippen LogP contribution in [0.25, 0.3) is 6.08 Å². The fourth-order valence-electron chi connectivity index (χ4n) is 4.89. The van der Waals surface area contributed by atoms with E-state index in [0.717, 1.165) is 32.1 Å². The summed E-state index contributed by atoms with van der Waals surface area (Å²) in [6.45, 7) is 4.11. The molecule has 39 heavy (non-hydrogen) atoms. The lowest BCUT2D eigenvalue weighted by molar-refractivity contribution is -0.121. The van der Waals surface area contributed by atoms with Gasteiger partial charge in [0.2, 0.25) is 0 Å². The van der Waals surface area contributed by atoms with Gasteiger partial charge >= 0.3 is 6.03 Å². The van der Waals surface area contributed by atoms with Gasteiger partial charge in [-0.25, -0.2) is 14.6 Å². The van der Waals surface area contributed by atoms with Crippen molar-refractivity contribution < 1.29 is 19.1 Å². The summed E-state index contributed by atoms with van der Waals surface area (Å²) in [4.78, 5) is 43.2. The SMILES string of the molecule is COc1ccc(C=C2C(=O)N(c3ccccc3)C(=O)N(c3ccccc3)C2=O)c(Cc2cc(C)cc(C)c2)c1. The van der Waals surface area contributed by atoms with Gasteiger partial charge in [-0.2, -0.15) is 0 Å². The number of benzene rings is 4. The molecule has 4 aromatic carbocycles. The maximum Gasteiger partial charge on any atom is 0.343 e. The van der Waals surface area contributed by atoms with Gasteiger partial charge < -0.3 is 4.74 Å². The molecule has 5 rings (SSSR count). The summed E-state index contributed by atoms with van der Waals surface area (Å²) in [7, 11) is 1.60. The molecule has 4 aromatic rings. The van der Waals surface area contributed by atoms with Crippen LogP contribution in [0.3, 0.4) is 0 Å². The smallest absolute Gasteiger partial charge is 0.343 e. The summed E-state index contributed by atoms with van der Waals surface area (Å²) in [5.41, 5.74) is 5.67. The lowest BCUT2D eigenvalue weighted by Crippen LogP contribution is -2.57. The molecule has 1 saturated heterocycles. The highest BCUT2D eigenvalue weighted by Crippen LogP contribution is 2.31. The Balaban J connectivity index is 1.64. The first-order chi connectivity index (χ1) is 18.9. The second kappa shape index (κ2) is 10.8. The van der Waals surface area contributed by atoms with Crippen molar-refractivity contribution in [3.05, 3.63) is 130 Å². The van der Waals surface area contributed by atoms with Crippen molar-refractivity contribution in [2.24, 2.45) is 0 Å². The maximum atomic E-state index is 13.8. The highest BCUT2D eigenvalue weighted by atomic mass is 16.5. The Bertz CT molecular complexity index is 1510. The second-order valence-corrected chi connectivity index (χ2v) is 9.53. The van der Waals surface area contributed by atoms with Crippen LogP contribution >= 0.6 is 0 Å². The summed E-state index contributed by atoms with van der Waals surface area (Å²) >= 11 is 0. The first kappa shape index (κ1) is 25.7. The van der Waals surface area contributed by atoms with Crippen molar-refractivity contribution in [2.75, 3.05) is 16.9 Å². The average molecular weight is 517 g/mol. The number of urea groups is 1. The first-order valence-corrected chi connectivity index (χ1v) is 12.6. The number of rotatable bonds is 6. The summed E-state index contributed by atoms with van der Waals surface area (Å²) in [5.74, 6) is -0.669. The van der Waals surface area contributed by atoms with Crippen LogP contribution in [0.15, 0.2) is 103 Å². The number of carbonyl (C=O) groups excluding carboxylic acids is 3. The molecule has 6 heteroatoms. The Morgan fingerprint density at radius 2 is 1.23 bits per heavy atom. The van der Waals surface area contributed by atoms with Crippen molar-refractivity contribution >= 4 is 35.3 Å². The van der Waals surface area contributed by atoms with Gasteiger partial charge in [-0.15, -0.1) is 0 Å². The third kappa shape index (κ3) is 5.22. The molecule has 6 nitrogen and oxygen atoms in total. The Hall–Kier alpha value is -4.97. The van der Waals surface area contributed by atoms with Crippen LogP contribution < -0.4 is 14.5 Å². The van der Waals surface area contributed by atoms with Gasteiger partial charge in [-0.1, -0.05) is 71.8 Å². The van der Waals surface area contributed by atoms with Crippen LogP contribution in [0.4, 0.5) is 16.2 Å². The van der Waals surface area contributed by atoms with Crippen molar-refractivity contribution in [1.29, 1.82) is 0 Å². The third-order valence-electron chi connectivity index (χ3n) is 6.60. The van der Waals surface area contributed by atoms with Gasteiger partial charge in [0.15, 0.2) is 0 Å². The monoisotopic (exact) mass is 516 g/mol. The summed E-state index contributed by atoms with van der Waals surface area (Å²) < 4.78 is 5.48. The summed E-state index contributed by atoms with van der Waals surface area (Å²) in [6.07, 6.45) is 2.16. The van der Waals surface area contributed by atoms with Gasteiger partial charge in [0, 0.05) is 0 Å². The van der Waals surface area contributed by atoms with Crippen LogP contribution in [0, 0.1) is 13.8 Å². The van der Waals surface area contributed by atoms with E-state index in [-0.39, 0.29) is 5.57 Å². The minimum atomic E-state index is -0.718. The molecule has 1 aliphatic rings. The van der Waals surface area contributed by atoms with E-state index in [2.05, 4.69) is 32.0 Å². The number of hydrogen-bond acceptors (Lipinski definition) is 4. The Morgan fingerprint density at radius 3 is 1.74 bits per heavy atom. The number of hydrogen-bond donors (Lipinski definition) is 0. The predicted molar refractivity (Wildman–Crippen MR) is 153 cm³/mol. The molecule has 0 aromatic heterocycles. The number of amides is 4. The molecule has 194 valence electrons. The third-order valence-corrected chi connectivity index (χ3v) is 6.60. The van der Waals surface area contributed by atoms with Crippen LogP contribution in [-0.2, 0) is 16.0 Å². The average Bonchev–Trinajstić information content (AvgIpc) is 2.92. The van der Waals surface area contributed by atoms with Gasteiger partial charge in [-0.3, -0.25) is 9.59 Å². The molecule has 1 heterocycles. The van der Waals surface area contributed by atoms with E-state index >= 15 is 0 Å². The molecular formula is C33H28N2O4. The number of ether oxygens (including phenoxy) is 1. The summed E-state index contributed by atoms with van der Waals surface area (Å²) in [5, 5.41) is 0. The molecule has 0 aliphatic carbocycles. The first-order valence-electron chi connectivity index (χ1n) is 12.6. The molecule has 1 fully saturated rings. The number of para-hydroxylation sites is 2. The number of methoxy groups -OCH3 is 1. The largest absolute Gasteiger partial charge is 0.497 e. The lowest BCUT2D eigenvalue weighted by Gasteiger charge is -2.34. The Labute approximate surface area is 227 Å². The second-order valence-electron chi connectivity index (χ2n) is 9.53. The molecule has 0 saturated carbocycles. The molecule has 0 unspecified atom stereocenters. The fourth-order valence-corrected chi connectivity index (χ4v) is 4.89. The number of carbonyl (C=O) groups is 3. The topological polar surface area (TPSA) is 66.9 Å². The zero-order valence-electron chi connectivity index (χ0n) is 22.0. The van der Waals surface area contributed by atoms with E-state index in [1.807, 2.05) is 12.1 Å². The van der Waals surface area contributed by atoms with Gasteiger partial charge in [0.1, 0.15) is 11.3 Å².